The maximum Gasteiger partial charge on any atom is 0.230 e. The largest absolute Gasteiger partial charge is 0.492 e. The zero-order chi connectivity index (χ0) is 16.7. The summed E-state index contributed by atoms with van der Waals surface area (Å²) >= 11 is 1.03. The molecule has 0 radical (unpaired) electrons. The van der Waals surface area contributed by atoms with Crippen LogP contribution in [0.3, 0.4) is 0 Å². The summed E-state index contributed by atoms with van der Waals surface area (Å²) in [6.07, 6.45) is 0. The monoisotopic (exact) mass is 337 g/mol. The van der Waals surface area contributed by atoms with Crippen molar-refractivity contribution in [1.29, 1.82) is 0 Å². The third-order valence-electron chi connectivity index (χ3n) is 2.94. The first-order chi connectivity index (χ1) is 11.0. The molecule has 0 saturated heterocycles. The van der Waals surface area contributed by atoms with Crippen molar-refractivity contribution in [3.63, 3.8) is 0 Å². The Bertz CT molecular complexity index is 679. The van der Waals surface area contributed by atoms with E-state index in [4.69, 9.17) is 4.74 Å². The second kappa shape index (κ2) is 8.53. The van der Waals surface area contributed by atoms with E-state index in [1.54, 1.807) is 0 Å². The zero-order valence-corrected chi connectivity index (χ0v) is 13.5. The van der Waals surface area contributed by atoms with Gasteiger partial charge in [0.15, 0.2) is 0 Å². The van der Waals surface area contributed by atoms with E-state index in [9.17, 15) is 13.6 Å². The maximum absolute atomic E-state index is 13.4. The number of hydrogen-bond acceptors (Lipinski definition) is 3. The molecule has 23 heavy (non-hydrogen) atoms. The summed E-state index contributed by atoms with van der Waals surface area (Å²) in [5.74, 6) is -0.712. The SMILES string of the molecule is Cc1cccc(OCCNC(=O)CSc2ccc(F)cc2F)c1. The molecule has 0 aromatic heterocycles. The molecule has 1 N–H and O–H groups in total. The molecule has 0 aliphatic heterocycles. The van der Waals surface area contributed by atoms with Gasteiger partial charge in [0, 0.05) is 11.0 Å². The number of aryl methyl sites for hydroxylation is 1. The zero-order valence-electron chi connectivity index (χ0n) is 12.6. The van der Waals surface area contributed by atoms with Gasteiger partial charge in [-0.05, 0) is 36.8 Å². The molecule has 2 rings (SSSR count). The second-order valence-electron chi connectivity index (χ2n) is 4.88. The van der Waals surface area contributed by atoms with E-state index in [0.717, 1.165) is 29.1 Å². The number of hydrogen-bond donors (Lipinski definition) is 1. The van der Waals surface area contributed by atoms with Crippen molar-refractivity contribution in [1.82, 2.24) is 5.32 Å². The number of thioether (sulfide) groups is 1. The quantitative estimate of drug-likeness (QED) is 0.620. The molecule has 122 valence electrons. The van der Waals surface area contributed by atoms with E-state index in [2.05, 4.69) is 5.32 Å². The Labute approximate surface area is 138 Å². The van der Waals surface area contributed by atoms with Crippen LogP contribution in [0.5, 0.6) is 5.75 Å². The van der Waals surface area contributed by atoms with Gasteiger partial charge in [0.25, 0.3) is 0 Å². The number of benzene rings is 2. The van der Waals surface area contributed by atoms with Gasteiger partial charge >= 0.3 is 0 Å². The molecular formula is C17H17F2NO2S. The van der Waals surface area contributed by atoms with E-state index in [0.29, 0.717) is 13.2 Å². The molecule has 0 saturated carbocycles. The third-order valence-corrected chi connectivity index (χ3v) is 3.98. The van der Waals surface area contributed by atoms with Gasteiger partial charge in [-0.25, -0.2) is 8.78 Å². The van der Waals surface area contributed by atoms with E-state index in [1.807, 2.05) is 31.2 Å². The molecule has 2 aromatic rings. The van der Waals surface area contributed by atoms with Crippen LogP contribution in [0, 0.1) is 18.6 Å². The van der Waals surface area contributed by atoms with Crippen molar-refractivity contribution in [2.24, 2.45) is 0 Å². The van der Waals surface area contributed by atoms with E-state index in [-0.39, 0.29) is 16.6 Å². The Kier molecular flexibility index (Phi) is 6.40. The maximum atomic E-state index is 13.4. The van der Waals surface area contributed by atoms with Crippen molar-refractivity contribution < 1.29 is 18.3 Å². The number of rotatable bonds is 7. The Hall–Kier alpha value is -2.08. The summed E-state index contributed by atoms with van der Waals surface area (Å²) < 4.78 is 31.7. The molecule has 0 spiro atoms. The van der Waals surface area contributed by atoms with Gasteiger partial charge in [-0.15, -0.1) is 11.8 Å². The summed E-state index contributed by atoms with van der Waals surface area (Å²) in [5.41, 5.74) is 1.10. The summed E-state index contributed by atoms with van der Waals surface area (Å²) in [4.78, 5) is 11.9. The highest BCUT2D eigenvalue weighted by atomic mass is 32.2. The fourth-order valence-corrected chi connectivity index (χ4v) is 2.60. The lowest BCUT2D eigenvalue weighted by Gasteiger charge is -2.08. The standard InChI is InChI=1S/C17H17F2NO2S/c1-12-3-2-4-14(9-12)22-8-7-20-17(21)11-23-16-6-5-13(18)10-15(16)19/h2-6,9-10H,7-8,11H2,1H3,(H,20,21). The van der Waals surface area contributed by atoms with Crippen molar-refractivity contribution >= 4 is 17.7 Å². The van der Waals surface area contributed by atoms with Crippen LogP contribution >= 0.6 is 11.8 Å². The highest BCUT2D eigenvalue weighted by molar-refractivity contribution is 8.00. The molecule has 3 nitrogen and oxygen atoms in total. The topological polar surface area (TPSA) is 38.3 Å². The fourth-order valence-electron chi connectivity index (χ4n) is 1.85. The van der Waals surface area contributed by atoms with Crippen molar-refractivity contribution in [2.45, 2.75) is 11.8 Å². The van der Waals surface area contributed by atoms with Gasteiger partial charge in [0.2, 0.25) is 5.91 Å². The molecule has 6 heteroatoms. The molecule has 1 amide bonds. The second-order valence-corrected chi connectivity index (χ2v) is 5.90. The molecule has 0 aliphatic rings. The van der Waals surface area contributed by atoms with Crippen molar-refractivity contribution in [3.05, 3.63) is 59.7 Å². The number of nitrogens with one attached hydrogen (secondary N) is 1. The number of amides is 1. The minimum absolute atomic E-state index is 0.0625. The Morgan fingerprint density at radius 2 is 2.04 bits per heavy atom. The number of halogens is 2. The highest BCUT2D eigenvalue weighted by Gasteiger charge is 2.07. The molecule has 0 heterocycles. The van der Waals surface area contributed by atoms with Gasteiger partial charge in [0.05, 0.1) is 12.3 Å². The smallest absolute Gasteiger partial charge is 0.230 e. The molecule has 2 aromatic carbocycles. The van der Waals surface area contributed by atoms with Crippen molar-refractivity contribution in [2.75, 3.05) is 18.9 Å². The van der Waals surface area contributed by atoms with Gasteiger partial charge in [-0.1, -0.05) is 12.1 Å². The number of carbonyl (C=O) groups excluding carboxylic acids is 1. The summed E-state index contributed by atoms with van der Waals surface area (Å²) in [7, 11) is 0. The van der Waals surface area contributed by atoms with Crippen LogP contribution in [-0.2, 0) is 4.79 Å². The molecule has 0 unspecified atom stereocenters. The Morgan fingerprint density at radius 1 is 1.22 bits per heavy atom. The first-order valence-corrected chi connectivity index (χ1v) is 8.07. The van der Waals surface area contributed by atoms with Crippen LogP contribution in [0.1, 0.15) is 5.56 Å². The molecule has 0 bridgehead atoms. The lowest BCUT2D eigenvalue weighted by atomic mass is 10.2. The van der Waals surface area contributed by atoms with Crippen molar-refractivity contribution in [3.8, 4) is 5.75 Å². The average Bonchev–Trinajstić information content (AvgIpc) is 2.51. The van der Waals surface area contributed by atoms with Crippen LogP contribution in [0.4, 0.5) is 8.78 Å². The lowest BCUT2D eigenvalue weighted by Crippen LogP contribution is -2.29. The van der Waals surface area contributed by atoms with E-state index >= 15 is 0 Å². The molecule has 0 aliphatic carbocycles. The average molecular weight is 337 g/mol. The lowest BCUT2D eigenvalue weighted by molar-refractivity contribution is -0.118. The normalized spacial score (nSPS) is 10.4. The van der Waals surface area contributed by atoms with Gasteiger partial charge in [0.1, 0.15) is 24.0 Å². The predicted octanol–water partition coefficient (Wildman–Crippen LogP) is 3.56. The van der Waals surface area contributed by atoms with Crippen LogP contribution in [0.2, 0.25) is 0 Å². The van der Waals surface area contributed by atoms with Gasteiger partial charge in [-0.2, -0.15) is 0 Å². The van der Waals surface area contributed by atoms with Gasteiger partial charge in [-0.3, -0.25) is 4.79 Å². The van der Waals surface area contributed by atoms with E-state index < -0.39 is 11.6 Å². The first-order valence-electron chi connectivity index (χ1n) is 7.08. The summed E-state index contributed by atoms with van der Waals surface area (Å²) in [6.45, 7) is 2.68. The number of carbonyl (C=O) groups is 1. The fraction of sp³-hybridized carbons (Fsp3) is 0.235. The molecule has 0 fully saturated rings. The number of ether oxygens (including phenoxy) is 1. The van der Waals surface area contributed by atoms with Crippen LogP contribution in [0.15, 0.2) is 47.4 Å². The first kappa shape index (κ1) is 17.3. The summed E-state index contributed by atoms with van der Waals surface area (Å²) in [5, 5.41) is 2.69. The highest BCUT2D eigenvalue weighted by Crippen LogP contribution is 2.21. The Balaban J connectivity index is 1.67. The predicted molar refractivity (Wildman–Crippen MR) is 86.8 cm³/mol. The van der Waals surface area contributed by atoms with Gasteiger partial charge < -0.3 is 10.1 Å². The molecule has 0 atom stereocenters. The van der Waals surface area contributed by atoms with Crippen LogP contribution < -0.4 is 10.1 Å². The Morgan fingerprint density at radius 3 is 2.78 bits per heavy atom. The minimum atomic E-state index is -0.661. The van der Waals surface area contributed by atoms with Crippen LogP contribution in [-0.4, -0.2) is 24.8 Å². The minimum Gasteiger partial charge on any atom is -0.492 e. The van der Waals surface area contributed by atoms with E-state index in [1.165, 1.54) is 12.1 Å². The third kappa shape index (κ3) is 5.90. The summed E-state index contributed by atoms with van der Waals surface area (Å²) in [6, 6.07) is 10.9. The van der Waals surface area contributed by atoms with Crippen LogP contribution in [0.25, 0.3) is 0 Å². The molecular weight excluding hydrogens is 320 g/mol.